The molecule has 0 aliphatic carbocycles. The Labute approximate surface area is 97.0 Å². The summed E-state index contributed by atoms with van der Waals surface area (Å²) in [6.45, 7) is 11.2. The van der Waals surface area contributed by atoms with Crippen molar-refractivity contribution in [3.63, 3.8) is 0 Å². The zero-order valence-corrected chi connectivity index (χ0v) is 12.2. The quantitative estimate of drug-likeness (QED) is 0.331. The first-order valence-corrected chi connectivity index (χ1v) is 9.69. The van der Waals surface area contributed by atoms with Crippen LogP contribution in [0.25, 0.3) is 0 Å². The Morgan fingerprint density at radius 1 is 1.20 bits per heavy atom. The van der Waals surface area contributed by atoms with Gasteiger partial charge < -0.3 is 4.43 Å². The highest BCUT2D eigenvalue weighted by molar-refractivity contribution is 6.69. The SMILES string of the molecule is CC=CCC(CCCCC)O[Si](C)(C)C. The fraction of sp³-hybridized carbons (Fsp3) is 0.846. The summed E-state index contributed by atoms with van der Waals surface area (Å²) in [5.74, 6) is 0. The lowest BCUT2D eigenvalue weighted by molar-refractivity contribution is 0.182. The monoisotopic (exact) mass is 228 g/mol. The Hall–Kier alpha value is -0.0831. The lowest BCUT2D eigenvalue weighted by Gasteiger charge is -2.25. The summed E-state index contributed by atoms with van der Waals surface area (Å²) in [5, 5.41) is 0. The molecule has 0 aliphatic rings. The number of hydrogen-bond donors (Lipinski definition) is 0. The third-order valence-electron chi connectivity index (χ3n) is 2.28. The largest absolute Gasteiger partial charge is 0.414 e. The van der Waals surface area contributed by atoms with E-state index in [2.05, 4.69) is 45.6 Å². The van der Waals surface area contributed by atoms with E-state index in [0.29, 0.717) is 6.10 Å². The average molecular weight is 228 g/mol. The molecule has 0 amide bonds. The zero-order valence-electron chi connectivity index (χ0n) is 11.2. The first kappa shape index (κ1) is 14.9. The minimum atomic E-state index is -1.36. The molecule has 0 aromatic heterocycles. The second-order valence-corrected chi connectivity index (χ2v) is 9.61. The summed E-state index contributed by atoms with van der Waals surface area (Å²) in [5.41, 5.74) is 0. The number of allylic oxidation sites excluding steroid dienone is 1. The minimum absolute atomic E-state index is 0.458. The third kappa shape index (κ3) is 10.2. The fourth-order valence-electron chi connectivity index (χ4n) is 1.63. The maximum absolute atomic E-state index is 6.17. The zero-order chi connectivity index (χ0) is 11.7. The number of hydrogen-bond acceptors (Lipinski definition) is 1. The molecular weight excluding hydrogens is 200 g/mol. The van der Waals surface area contributed by atoms with E-state index in [1.54, 1.807) is 0 Å². The lowest BCUT2D eigenvalue weighted by Crippen LogP contribution is -2.31. The van der Waals surface area contributed by atoms with Crippen LogP contribution in [0.5, 0.6) is 0 Å². The van der Waals surface area contributed by atoms with Gasteiger partial charge in [0, 0.05) is 6.10 Å². The summed E-state index contributed by atoms with van der Waals surface area (Å²) >= 11 is 0. The van der Waals surface area contributed by atoms with Crippen molar-refractivity contribution < 1.29 is 4.43 Å². The van der Waals surface area contributed by atoms with Crippen LogP contribution in [0.2, 0.25) is 19.6 Å². The van der Waals surface area contributed by atoms with Crippen molar-refractivity contribution >= 4 is 8.32 Å². The Morgan fingerprint density at radius 3 is 2.33 bits per heavy atom. The molecule has 0 bridgehead atoms. The van der Waals surface area contributed by atoms with Gasteiger partial charge in [0.1, 0.15) is 0 Å². The van der Waals surface area contributed by atoms with E-state index in [-0.39, 0.29) is 0 Å². The highest BCUT2D eigenvalue weighted by atomic mass is 28.4. The maximum Gasteiger partial charge on any atom is 0.184 e. The van der Waals surface area contributed by atoms with Crippen LogP contribution in [0, 0.1) is 0 Å². The second-order valence-electron chi connectivity index (χ2n) is 5.15. The smallest absolute Gasteiger partial charge is 0.184 e. The van der Waals surface area contributed by atoms with E-state index in [4.69, 9.17) is 4.43 Å². The molecule has 0 N–H and O–H groups in total. The molecular formula is C13H28OSi. The molecule has 0 aliphatic heterocycles. The Kier molecular flexibility index (Phi) is 8.07. The van der Waals surface area contributed by atoms with E-state index in [0.717, 1.165) is 6.42 Å². The van der Waals surface area contributed by atoms with Crippen LogP contribution in [-0.4, -0.2) is 14.4 Å². The van der Waals surface area contributed by atoms with E-state index < -0.39 is 8.32 Å². The van der Waals surface area contributed by atoms with Gasteiger partial charge in [-0.05, 0) is 39.4 Å². The number of rotatable bonds is 8. The molecule has 1 nitrogen and oxygen atoms in total. The molecule has 0 aromatic carbocycles. The van der Waals surface area contributed by atoms with Crippen molar-refractivity contribution in [2.24, 2.45) is 0 Å². The molecule has 0 spiro atoms. The molecule has 15 heavy (non-hydrogen) atoms. The molecule has 90 valence electrons. The summed E-state index contributed by atoms with van der Waals surface area (Å²) in [6, 6.07) is 0. The first-order valence-electron chi connectivity index (χ1n) is 6.28. The Morgan fingerprint density at radius 2 is 1.87 bits per heavy atom. The third-order valence-corrected chi connectivity index (χ3v) is 3.32. The van der Waals surface area contributed by atoms with Gasteiger partial charge in [-0.2, -0.15) is 0 Å². The second kappa shape index (κ2) is 8.11. The summed E-state index contributed by atoms with van der Waals surface area (Å²) in [4.78, 5) is 0. The van der Waals surface area contributed by atoms with Crippen molar-refractivity contribution in [2.45, 2.75) is 71.7 Å². The standard InChI is InChI=1S/C13H28OSi/c1-6-8-10-12-13(11-9-7-2)14-15(3,4)5/h7,9,13H,6,8,10-12H2,1-5H3. The summed E-state index contributed by atoms with van der Waals surface area (Å²) < 4.78 is 6.17. The van der Waals surface area contributed by atoms with Crippen molar-refractivity contribution in [3.8, 4) is 0 Å². The van der Waals surface area contributed by atoms with E-state index in [9.17, 15) is 0 Å². The van der Waals surface area contributed by atoms with Gasteiger partial charge in [-0.15, -0.1) is 0 Å². The van der Waals surface area contributed by atoms with Gasteiger partial charge >= 0.3 is 0 Å². The van der Waals surface area contributed by atoms with Gasteiger partial charge in [0.15, 0.2) is 8.32 Å². The van der Waals surface area contributed by atoms with Crippen LogP contribution >= 0.6 is 0 Å². The predicted molar refractivity (Wildman–Crippen MR) is 71.8 cm³/mol. The van der Waals surface area contributed by atoms with Crippen molar-refractivity contribution in [3.05, 3.63) is 12.2 Å². The maximum atomic E-state index is 6.17. The van der Waals surface area contributed by atoms with Crippen LogP contribution in [0.3, 0.4) is 0 Å². The lowest BCUT2D eigenvalue weighted by atomic mass is 10.1. The Bertz CT molecular complexity index is 170. The van der Waals surface area contributed by atoms with Gasteiger partial charge in [-0.3, -0.25) is 0 Å². The molecule has 0 radical (unpaired) electrons. The molecule has 0 saturated heterocycles. The molecule has 1 atom stereocenters. The van der Waals surface area contributed by atoms with Gasteiger partial charge in [0.2, 0.25) is 0 Å². The van der Waals surface area contributed by atoms with E-state index in [1.165, 1.54) is 25.7 Å². The van der Waals surface area contributed by atoms with E-state index >= 15 is 0 Å². The van der Waals surface area contributed by atoms with Crippen molar-refractivity contribution in [1.82, 2.24) is 0 Å². The number of unbranched alkanes of at least 4 members (excludes halogenated alkanes) is 2. The van der Waals surface area contributed by atoms with Crippen LogP contribution in [0.15, 0.2) is 12.2 Å². The molecule has 1 unspecified atom stereocenters. The van der Waals surface area contributed by atoms with Crippen molar-refractivity contribution in [1.29, 1.82) is 0 Å². The fourth-order valence-corrected chi connectivity index (χ4v) is 2.85. The molecule has 0 rings (SSSR count). The first-order chi connectivity index (χ1) is 6.99. The highest BCUT2D eigenvalue weighted by Crippen LogP contribution is 2.16. The van der Waals surface area contributed by atoms with Gasteiger partial charge in [0.25, 0.3) is 0 Å². The molecule has 0 fully saturated rings. The normalized spacial score (nSPS) is 14.7. The van der Waals surface area contributed by atoms with Crippen LogP contribution in [0.1, 0.15) is 46.0 Å². The summed E-state index contributed by atoms with van der Waals surface area (Å²) in [6.07, 6.45) is 11.1. The average Bonchev–Trinajstić information content (AvgIpc) is 2.12. The predicted octanol–water partition coefficient (Wildman–Crippen LogP) is 4.75. The van der Waals surface area contributed by atoms with E-state index in [1.807, 2.05) is 0 Å². The van der Waals surface area contributed by atoms with Gasteiger partial charge in [-0.1, -0.05) is 38.3 Å². The molecule has 0 heterocycles. The Balaban J connectivity index is 3.95. The van der Waals surface area contributed by atoms with Crippen LogP contribution < -0.4 is 0 Å². The van der Waals surface area contributed by atoms with Gasteiger partial charge in [0.05, 0.1) is 0 Å². The molecule has 0 saturated carbocycles. The summed E-state index contributed by atoms with van der Waals surface area (Å²) in [7, 11) is -1.36. The van der Waals surface area contributed by atoms with Gasteiger partial charge in [-0.25, -0.2) is 0 Å². The van der Waals surface area contributed by atoms with Crippen molar-refractivity contribution in [2.75, 3.05) is 0 Å². The highest BCUT2D eigenvalue weighted by Gasteiger charge is 2.19. The van der Waals surface area contributed by atoms with Crippen LogP contribution in [-0.2, 0) is 4.43 Å². The minimum Gasteiger partial charge on any atom is -0.414 e. The van der Waals surface area contributed by atoms with Crippen LogP contribution in [0.4, 0.5) is 0 Å². The molecule has 2 heteroatoms. The molecule has 0 aromatic rings. The topological polar surface area (TPSA) is 9.23 Å².